The largest absolute Gasteiger partial charge is 0.271 e. The predicted octanol–water partition coefficient (Wildman–Crippen LogP) is 0.523. The first kappa shape index (κ1) is 13.9. The molecule has 7 nitrogen and oxygen atoms in total. The van der Waals surface area contributed by atoms with Gasteiger partial charge in [0, 0.05) is 13.2 Å². The molecular weight excluding hydrogens is 263 g/mol. The molecule has 106 valence electrons. The number of rotatable bonds is 4. The van der Waals surface area contributed by atoms with Crippen molar-refractivity contribution in [3.63, 3.8) is 0 Å². The van der Waals surface area contributed by atoms with Crippen LogP contribution >= 0.6 is 0 Å². The second kappa shape index (κ2) is 5.64. The lowest BCUT2D eigenvalue weighted by Crippen LogP contribution is -2.23. The first-order valence-electron chi connectivity index (χ1n) is 5.97. The van der Waals surface area contributed by atoms with Crippen molar-refractivity contribution in [1.29, 1.82) is 0 Å². The fourth-order valence-corrected chi connectivity index (χ4v) is 1.70. The van der Waals surface area contributed by atoms with Gasteiger partial charge in [-0.3, -0.25) is 9.48 Å². The Balaban J connectivity index is 1.94. The Kier molecular flexibility index (Phi) is 3.92. The maximum Gasteiger partial charge on any atom is 0.261 e. The molecule has 2 aromatic heterocycles. The zero-order valence-electron chi connectivity index (χ0n) is 11.5. The molecule has 1 N–H and O–H groups in total. The monoisotopic (exact) mass is 278 g/mol. The molecule has 0 unspecified atom stereocenters. The Morgan fingerprint density at radius 3 is 2.85 bits per heavy atom. The summed E-state index contributed by atoms with van der Waals surface area (Å²) in [6.07, 6.45) is 4.64. The van der Waals surface area contributed by atoms with Gasteiger partial charge in [0.15, 0.2) is 0 Å². The highest BCUT2D eigenvalue weighted by atomic mass is 19.1. The van der Waals surface area contributed by atoms with Gasteiger partial charge >= 0.3 is 0 Å². The third kappa shape index (κ3) is 3.08. The number of hydrogen-bond acceptors (Lipinski definition) is 4. The zero-order chi connectivity index (χ0) is 14.7. The minimum Gasteiger partial charge on any atom is -0.271 e. The summed E-state index contributed by atoms with van der Waals surface area (Å²) >= 11 is 0. The molecule has 0 aromatic carbocycles. The van der Waals surface area contributed by atoms with E-state index in [2.05, 4.69) is 20.7 Å². The molecule has 0 fully saturated rings. The van der Waals surface area contributed by atoms with Gasteiger partial charge in [0.25, 0.3) is 5.91 Å². The van der Waals surface area contributed by atoms with Crippen LogP contribution in [0.3, 0.4) is 0 Å². The van der Waals surface area contributed by atoms with Crippen LogP contribution in [0.25, 0.3) is 0 Å². The van der Waals surface area contributed by atoms with Crippen LogP contribution in [0.15, 0.2) is 17.5 Å². The summed E-state index contributed by atoms with van der Waals surface area (Å²) < 4.78 is 16.2. The van der Waals surface area contributed by atoms with Gasteiger partial charge in [-0.25, -0.2) is 10.1 Å². The number of hydrazone groups is 1. The van der Waals surface area contributed by atoms with Crippen LogP contribution in [-0.4, -0.2) is 31.7 Å². The van der Waals surface area contributed by atoms with E-state index in [9.17, 15) is 9.18 Å². The first-order valence-corrected chi connectivity index (χ1v) is 5.97. The van der Waals surface area contributed by atoms with E-state index in [1.807, 2.05) is 6.92 Å². The van der Waals surface area contributed by atoms with Gasteiger partial charge in [-0.2, -0.15) is 19.7 Å². The first-order chi connectivity index (χ1) is 9.47. The SMILES string of the molecule is Cc1cnn(CC(=O)NN=Cc2c(C)nn(C)c2F)c1. The lowest BCUT2D eigenvalue weighted by Gasteiger charge is -1.99. The van der Waals surface area contributed by atoms with E-state index in [4.69, 9.17) is 0 Å². The van der Waals surface area contributed by atoms with Crippen molar-refractivity contribution in [3.05, 3.63) is 35.2 Å². The van der Waals surface area contributed by atoms with Gasteiger partial charge in [0.05, 0.1) is 23.7 Å². The van der Waals surface area contributed by atoms with Crippen molar-refractivity contribution in [2.24, 2.45) is 12.1 Å². The maximum atomic E-state index is 13.6. The molecule has 0 radical (unpaired) electrons. The fraction of sp³-hybridized carbons (Fsp3) is 0.333. The average molecular weight is 278 g/mol. The van der Waals surface area contributed by atoms with Gasteiger partial charge in [0.1, 0.15) is 6.54 Å². The second-order valence-corrected chi connectivity index (χ2v) is 4.42. The van der Waals surface area contributed by atoms with E-state index >= 15 is 0 Å². The minimum absolute atomic E-state index is 0.0552. The van der Waals surface area contributed by atoms with Crippen LogP contribution in [0.4, 0.5) is 4.39 Å². The number of aryl methyl sites for hydroxylation is 3. The number of aromatic nitrogens is 4. The Hall–Kier alpha value is -2.51. The summed E-state index contributed by atoms with van der Waals surface area (Å²) in [5.41, 5.74) is 4.04. The molecule has 0 saturated carbocycles. The van der Waals surface area contributed by atoms with E-state index < -0.39 is 5.95 Å². The summed E-state index contributed by atoms with van der Waals surface area (Å²) in [6, 6.07) is 0. The Bertz CT molecular complexity index is 657. The molecule has 8 heteroatoms. The summed E-state index contributed by atoms with van der Waals surface area (Å²) in [6.45, 7) is 3.60. The van der Waals surface area contributed by atoms with Crippen LogP contribution in [0.5, 0.6) is 0 Å². The molecule has 2 rings (SSSR count). The molecule has 2 heterocycles. The molecule has 0 spiro atoms. The number of nitrogens with zero attached hydrogens (tertiary/aromatic N) is 5. The quantitative estimate of drug-likeness (QED) is 0.654. The number of carbonyl (C=O) groups is 1. The van der Waals surface area contributed by atoms with E-state index in [0.717, 1.165) is 10.2 Å². The number of halogens is 1. The lowest BCUT2D eigenvalue weighted by molar-refractivity contribution is -0.121. The molecule has 20 heavy (non-hydrogen) atoms. The van der Waals surface area contributed by atoms with Crippen molar-refractivity contribution in [3.8, 4) is 0 Å². The van der Waals surface area contributed by atoms with Crippen molar-refractivity contribution in [1.82, 2.24) is 25.0 Å². The second-order valence-electron chi connectivity index (χ2n) is 4.42. The summed E-state index contributed by atoms with van der Waals surface area (Å²) in [5, 5.41) is 11.6. The van der Waals surface area contributed by atoms with Crippen LogP contribution < -0.4 is 5.43 Å². The Morgan fingerprint density at radius 2 is 2.30 bits per heavy atom. The number of hydrogen-bond donors (Lipinski definition) is 1. The van der Waals surface area contributed by atoms with Gasteiger partial charge < -0.3 is 0 Å². The third-order valence-electron chi connectivity index (χ3n) is 2.65. The molecule has 0 aliphatic carbocycles. The Morgan fingerprint density at radius 1 is 1.55 bits per heavy atom. The third-order valence-corrected chi connectivity index (χ3v) is 2.65. The van der Waals surface area contributed by atoms with Gasteiger partial charge in [-0.05, 0) is 19.4 Å². The smallest absolute Gasteiger partial charge is 0.261 e. The van der Waals surface area contributed by atoms with Crippen LogP contribution in [-0.2, 0) is 18.4 Å². The molecule has 1 amide bonds. The highest BCUT2D eigenvalue weighted by Gasteiger charge is 2.10. The molecule has 0 bridgehead atoms. The molecule has 0 saturated heterocycles. The zero-order valence-corrected chi connectivity index (χ0v) is 11.5. The Labute approximate surface area is 115 Å². The van der Waals surface area contributed by atoms with Crippen molar-refractivity contribution in [2.45, 2.75) is 20.4 Å². The van der Waals surface area contributed by atoms with E-state index in [1.54, 1.807) is 19.3 Å². The van der Waals surface area contributed by atoms with Crippen molar-refractivity contribution < 1.29 is 9.18 Å². The fourth-order valence-electron chi connectivity index (χ4n) is 1.70. The number of amides is 1. The van der Waals surface area contributed by atoms with E-state index in [0.29, 0.717) is 5.69 Å². The van der Waals surface area contributed by atoms with E-state index in [-0.39, 0.29) is 18.0 Å². The van der Waals surface area contributed by atoms with E-state index in [1.165, 1.54) is 17.9 Å². The topological polar surface area (TPSA) is 77.1 Å². The summed E-state index contributed by atoms with van der Waals surface area (Å²) in [4.78, 5) is 11.6. The molecule has 0 aliphatic heterocycles. The average Bonchev–Trinajstić information content (AvgIpc) is 2.88. The van der Waals surface area contributed by atoms with Gasteiger partial charge in [-0.15, -0.1) is 0 Å². The number of nitrogens with one attached hydrogen (secondary N) is 1. The normalized spacial score (nSPS) is 11.2. The van der Waals surface area contributed by atoms with Gasteiger partial charge in [-0.1, -0.05) is 0 Å². The van der Waals surface area contributed by atoms with Crippen molar-refractivity contribution in [2.75, 3.05) is 0 Å². The van der Waals surface area contributed by atoms with Crippen LogP contribution in [0, 0.1) is 19.8 Å². The highest BCUT2D eigenvalue weighted by Crippen LogP contribution is 2.07. The van der Waals surface area contributed by atoms with Gasteiger partial charge in [0.2, 0.25) is 5.95 Å². The van der Waals surface area contributed by atoms with Crippen molar-refractivity contribution >= 4 is 12.1 Å². The molecule has 2 aromatic rings. The van der Waals surface area contributed by atoms with Crippen LogP contribution in [0.2, 0.25) is 0 Å². The predicted molar refractivity (Wildman–Crippen MR) is 70.6 cm³/mol. The van der Waals surface area contributed by atoms with Crippen LogP contribution in [0.1, 0.15) is 16.8 Å². The minimum atomic E-state index is -0.497. The maximum absolute atomic E-state index is 13.6. The molecule has 0 atom stereocenters. The molecular formula is C12H15FN6O. The standard InChI is InChI=1S/C12H15FN6O/c1-8-4-15-19(6-8)7-11(20)16-14-5-10-9(2)17-18(3)12(10)13/h4-6H,7H2,1-3H3,(H,16,20). The highest BCUT2D eigenvalue weighted by molar-refractivity contribution is 5.83. The summed E-state index contributed by atoms with van der Waals surface area (Å²) in [7, 11) is 1.50. The number of carbonyl (C=O) groups excluding carboxylic acids is 1. The molecule has 0 aliphatic rings. The lowest BCUT2D eigenvalue weighted by atomic mass is 10.3. The summed E-state index contributed by atoms with van der Waals surface area (Å²) in [5.74, 6) is -0.838.